The molecule has 5 nitrogen and oxygen atoms in total. The summed E-state index contributed by atoms with van der Waals surface area (Å²) in [6, 6.07) is 10.4. The van der Waals surface area contributed by atoms with Crippen LogP contribution in [-0.4, -0.2) is 36.1 Å². The molecule has 0 spiro atoms. The van der Waals surface area contributed by atoms with Gasteiger partial charge in [-0.05, 0) is 25.5 Å². The molecule has 1 aromatic carbocycles. The van der Waals surface area contributed by atoms with E-state index in [4.69, 9.17) is 4.98 Å². The lowest BCUT2D eigenvalue weighted by molar-refractivity contribution is 0.579. The molecule has 0 saturated carbocycles. The molecule has 0 amide bonds. The van der Waals surface area contributed by atoms with Gasteiger partial charge in [0.1, 0.15) is 5.82 Å². The largest absolute Gasteiger partial charge is 0.340 e. The Labute approximate surface area is 131 Å². The van der Waals surface area contributed by atoms with E-state index in [1.165, 1.54) is 5.56 Å². The van der Waals surface area contributed by atoms with Gasteiger partial charge in [0.25, 0.3) is 0 Å². The predicted octanol–water partition coefficient (Wildman–Crippen LogP) is 2.50. The lowest BCUT2D eigenvalue weighted by Gasteiger charge is -2.28. The van der Waals surface area contributed by atoms with Crippen LogP contribution in [0.3, 0.4) is 0 Å². The van der Waals surface area contributed by atoms with Crippen LogP contribution in [0, 0.1) is 6.92 Å². The minimum Gasteiger partial charge on any atom is -0.340 e. The van der Waals surface area contributed by atoms with Gasteiger partial charge in [0, 0.05) is 43.6 Å². The number of aryl methyl sites for hydroxylation is 2. The van der Waals surface area contributed by atoms with E-state index >= 15 is 0 Å². The predicted molar refractivity (Wildman–Crippen MR) is 91.0 cm³/mol. The average Bonchev–Trinajstić information content (AvgIpc) is 2.57. The van der Waals surface area contributed by atoms with Crippen LogP contribution in [0.4, 0.5) is 17.5 Å². The second kappa shape index (κ2) is 6.75. The number of benzene rings is 1. The summed E-state index contributed by atoms with van der Waals surface area (Å²) < 4.78 is 0. The third-order valence-corrected chi connectivity index (χ3v) is 3.85. The van der Waals surface area contributed by atoms with Gasteiger partial charge in [0.05, 0.1) is 0 Å². The first-order valence-electron chi connectivity index (χ1n) is 7.92. The number of anilines is 3. The lowest BCUT2D eigenvalue weighted by atomic mass is 10.2. The molecule has 1 saturated heterocycles. The Hall–Kier alpha value is -2.14. The van der Waals surface area contributed by atoms with Gasteiger partial charge in [-0.25, -0.2) is 4.98 Å². The maximum atomic E-state index is 4.70. The van der Waals surface area contributed by atoms with Gasteiger partial charge in [-0.3, -0.25) is 0 Å². The van der Waals surface area contributed by atoms with Crippen molar-refractivity contribution in [3.63, 3.8) is 0 Å². The summed E-state index contributed by atoms with van der Waals surface area (Å²) in [5, 5.41) is 6.75. The molecule has 1 fully saturated rings. The molecule has 0 bridgehead atoms. The van der Waals surface area contributed by atoms with E-state index < -0.39 is 0 Å². The quantitative estimate of drug-likeness (QED) is 0.908. The van der Waals surface area contributed by atoms with E-state index in [-0.39, 0.29) is 0 Å². The Bertz CT molecular complexity index is 617. The molecule has 0 aliphatic carbocycles. The highest BCUT2D eigenvalue weighted by atomic mass is 15.3. The van der Waals surface area contributed by atoms with Gasteiger partial charge in [-0.2, -0.15) is 4.98 Å². The normalized spacial score (nSPS) is 14.9. The molecule has 3 rings (SSSR count). The Morgan fingerprint density at radius 1 is 1.14 bits per heavy atom. The zero-order chi connectivity index (χ0) is 15.4. The number of aromatic nitrogens is 2. The third-order valence-electron chi connectivity index (χ3n) is 3.85. The highest BCUT2D eigenvalue weighted by Gasteiger charge is 2.14. The molecule has 22 heavy (non-hydrogen) atoms. The topological polar surface area (TPSA) is 53.1 Å². The average molecular weight is 297 g/mol. The number of rotatable bonds is 4. The highest BCUT2D eigenvalue weighted by molar-refractivity contribution is 5.58. The Kier molecular flexibility index (Phi) is 4.53. The van der Waals surface area contributed by atoms with Crippen LogP contribution >= 0.6 is 0 Å². The van der Waals surface area contributed by atoms with Gasteiger partial charge in [0.15, 0.2) is 0 Å². The summed E-state index contributed by atoms with van der Waals surface area (Å²) in [5.41, 5.74) is 3.37. The number of hydrogen-bond acceptors (Lipinski definition) is 5. The van der Waals surface area contributed by atoms with E-state index in [1.807, 2.05) is 6.07 Å². The van der Waals surface area contributed by atoms with Crippen molar-refractivity contribution in [2.24, 2.45) is 0 Å². The van der Waals surface area contributed by atoms with Gasteiger partial charge in [-0.1, -0.05) is 24.6 Å². The van der Waals surface area contributed by atoms with Crippen LogP contribution in [0.5, 0.6) is 0 Å². The smallest absolute Gasteiger partial charge is 0.227 e. The zero-order valence-corrected chi connectivity index (χ0v) is 13.3. The van der Waals surface area contributed by atoms with Crippen molar-refractivity contribution in [1.82, 2.24) is 15.3 Å². The number of hydrogen-bond donors (Lipinski definition) is 2. The molecule has 0 radical (unpaired) electrons. The maximum Gasteiger partial charge on any atom is 0.227 e. The van der Waals surface area contributed by atoms with Crippen molar-refractivity contribution in [2.75, 3.05) is 36.4 Å². The molecule has 2 aromatic rings. The fourth-order valence-electron chi connectivity index (χ4n) is 2.52. The minimum atomic E-state index is 0.829. The zero-order valence-electron chi connectivity index (χ0n) is 13.3. The maximum absolute atomic E-state index is 4.70. The molecule has 0 atom stereocenters. The summed E-state index contributed by atoms with van der Waals surface area (Å²) in [6.45, 7) is 8.10. The lowest BCUT2D eigenvalue weighted by Crippen LogP contribution is -2.44. The van der Waals surface area contributed by atoms with Crippen LogP contribution in [-0.2, 0) is 6.42 Å². The van der Waals surface area contributed by atoms with Crippen molar-refractivity contribution in [3.05, 3.63) is 41.6 Å². The fraction of sp³-hybridized carbons (Fsp3) is 0.412. The second-order valence-electron chi connectivity index (χ2n) is 5.63. The van der Waals surface area contributed by atoms with E-state index in [1.54, 1.807) is 0 Å². The highest BCUT2D eigenvalue weighted by Crippen LogP contribution is 2.19. The molecular weight excluding hydrogens is 274 g/mol. The first-order chi connectivity index (χ1) is 10.7. The summed E-state index contributed by atoms with van der Waals surface area (Å²) in [7, 11) is 0. The molecule has 1 aliphatic heterocycles. The van der Waals surface area contributed by atoms with Gasteiger partial charge >= 0.3 is 0 Å². The molecule has 1 aliphatic rings. The van der Waals surface area contributed by atoms with Gasteiger partial charge < -0.3 is 15.5 Å². The van der Waals surface area contributed by atoms with E-state index in [2.05, 4.69) is 58.6 Å². The fourth-order valence-corrected chi connectivity index (χ4v) is 2.52. The standard InChI is InChI=1S/C17H23N5/c1-3-14-12-16(19-15-6-4-13(2)5-7-15)21-17(20-14)22-10-8-18-9-11-22/h4-7,12,18H,3,8-11H2,1-2H3,(H,19,20,21). The number of nitrogens with one attached hydrogen (secondary N) is 2. The van der Waals surface area contributed by atoms with Crippen molar-refractivity contribution in [1.29, 1.82) is 0 Å². The van der Waals surface area contributed by atoms with Crippen LogP contribution in [0.2, 0.25) is 0 Å². The van der Waals surface area contributed by atoms with Crippen molar-refractivity contribution in [2.45, 2.75) is 20.3 Å². The van der Waals surface area contributed by atoms with E-state index in [0.717, 1.165) is 55.7 Å². The summed E-state index contributed by atoms with van der Waals surface area (Å²) in [6.07, 6.45) is 0.907. The number of nitrogens with zero attached hydrogens (tertiary/aromatic N) is 3. The van der Waals surface area contributed by atoms with E-state index in [9.17, 15) is 0 Å². The Morgan fingerprint density at radius 2 is 1.86 bits per heavy atom. The van der Waals surface area contributed by atoms with Crippen LogP contribution in [0.15, 0.2) is 30.3 Å². The molecular formula is C17H23N5. The Morgan fingerprint density at radius 3 is 2.55 bits per heavy atom. The summed E-state index contributed by atoms with van der Waals surface area (Å²) >= 11 is 0. The first kappa shape index (κ1) is 14.8. The monoisotopic (exact) mass is 297 g/mol. The van der Waals surface area contributed by atoms with Crippen molar-refractivity contribution >= 4 is 17.5 Å². The molecule has 0 unspecified atom stereocenters. The van der Waals surface area contributed by atoms with Crippen molar-refractivity contribution in [3.8, 4) is 0 Å². The summed E-state index contributed by atoms with van der Waals surface area (Å²) in [4.78, 5) is 11.6. The summed E-state index contributed by atoms with van der Waals surface area (Å²) in [5.74, 6) is 1.69. The van der Waals surface area contributed by atoms with E-state index in [0.29, 0.717) is 0 Å². The van der Waals surface area contributed by atoms with Crippen molar-refractivity contribution < 1.29 is 0 Å². The van der Waals surface area contributed by atoms with Gasteiger partial charge in [-0.15, -0.1) is 0 Å². The van der Waals surface area contributed by atoms with Crippen LogP contribution in [0.1, 0.15) is 18.2 Å². The van der Waals surface area contributed by atoms with Crippen LogP contribution in [0.25, 0.3) is 0 Å². The first-order valence-corrected chi connectivity index (χ1v) is 7.92. The molecule has 2 heterocycles. The third kappa shape index (κ3) is 3.54. The van der Waals surface area contributed by atoms with Gasteiger partial charge in [0.2, 0.25) is 5.95 Å². The number of piperazine rings is 1. The minimum absolute atomic E-state index is 0.829. The second-order valence-corrected chi connectivity index (χ2v) is 5.63. The SMILES string of the molecule is CCc1cc(Nc2ccc(C)cc2)nc(N2CCNCC2)n1. The van der Waals surface area contributed by atoms with Crippen LogP contribution < -0.4 is 15.5 Å². The molecule has 116 valence electrons. The molecule has 1 aromatic heterocycles. The Balaban J connectivity index is 1.84. The molecule has 2 N–H and O–H groups in total. The molecule has 5 heteroatoms.